The van der Waals surface area contributed by atoms with Crippen LogP contribution in [0.3, 0.4) is 0 Å². The Balaban J connectivity index is 2.17. The summed E-state index contributed by atoms with van der Waals surface area (Å²) in [4.78, 5) is 0.0212. The topological polar surface area (TPSA) is 127 Å². The predicted molar refractivity (Wildman–Crippen MR) is 64.1 cm³/mol. The van der Waals surface area contributed by atoms with E-state index in [1.165, 1.54) is 18.2 Å². The van der Waals surface area contributed by atoms with Gasteiger partial charge in [0.05, 0.1) is 22.2 Å². The fourth-order valence-corrected chi connectivity index (χ4v) is 2.32. The maximum Gasteiger partial charge on any atom is 0.241 e. The second-order valence-corrected chi connectivity index (χ2v) is 5.51. The number of aromatic amines is 1. The molecule has 0 unspecified atom stereocenters. The molecule has 1 heterocycles. The van der Waals surface area contributed by atoms with Gasteiger partial charge in [0.1, 0.15) is 0 Å². The van der Waals surface area contributed by atoms with Gasteiger partial charge in [0.15, 0.2) is 5.82 Å². The molecule has 4 N–H and O–H groups in total. The smallest absolute Gasteiger partial charge is 0.241 e. The minimum absolute atomic E-state index is 0.0212. The van der Waals surface area contributed by atoms with E-state index in [0.29, 0.717) is 5.02 Å². The number of hydrogen-bond donors (Lipinski definition) is 3. The van der Waals surface area contributed by atoms with Crippen LogP contribution in [-0.4, -0.2) is 29.0 Å². The molecule has 0 fully saturated rings. The molecule has 96 valence electrons. The van der Waals surface area contributed by atoms with E-state index in [4.69, 9.17) is 17.3 Å². The highest BCUT2D eigenvalue weighted by atomic mass is 35.5. The summed E-state index contributed by atoms with van der Waals surface area (Å²) in [5, 5.41) is 13.1. The Kier molecular flexibility index (Phi) is 3.45. The van der Waals surface area contributed by atoms with Crippen molar-refractivity contribution < 1.29 is 8.42 Å². The molecule has 0 bridgehead atoms. The van der Waals surface area contributed by atoms with E-state index in [-0.39, 0.29) is 23.0 Å². The Morgan fingerprint density at radius 3 is 2.83 bits per heavy atom. The van der Waals surface area contributed by atoms with Gasteiger partial charge < -0.3 is 5.73 Å². The van der Waals surface area contributed by atoms with E-state index in [0.717, 1.165) is 0 Å². The molecular weight excluding hydrogens is 280 g/mol. The van der Waals surface area contributed by atoms with Crippen molar-refractivity contribution in [1.82, 2.24) is 25.3 Å². The number of sulfonamides is 1. The van der Waals surface area contributed by atoms with Crippen LogP contribution in [0.15, 0.2) is 23.1 Å². The van der Waals surface area contributed by atoms with E-state index in [1.807, 2.05) is 0 Å². The van der Waals surface area contributed by atoms with Crippen molar-refractivity contribution in [3.8, 4) is 0 Å². The molecule has 0 radical (unpaired) electrons. The molecule has 0 spiro atoms. The molecule has 0 saturated heterocycles. The molecule has 2 rings (SSSR count). The third-order valence-corrected chi connectivity index (χ3v) is 3.83. The number of nitrogen functional groups attached to an aromatic ring is 1. The molecular formula is C8H9ClN6O2S. The van der Waals surface area contributed by atoms with E-state index in [1.54, 1.807) is 0 Å². The zero-order valence-electron chi connectivity index (χ0n) is 8.96. The normalized spacial score (nSPS) is 11.6. The van der Waals surface area contributed by atoms with Crippen LogP contribution in [0.5, 0.6) is 0 Å². The van der Waals surface area contributed by atoms with Gasteiger partial charge in [0.2, 0.25) is 10.0 Å². The highest BCUT2D eigenvalue weighted by Crippen LogP contribution is 2.22. The van der Waals surface area contributed by atoms with E-state index < -0.39 is 10.0 Å². The summed E-state index contributed by atoms with van der Waals surface area (Å²) >= 11 is 5.72. The second-order valence-electron chi connectivity index (χ2n) is 3.34. The SMILES string of the molecule is Nc1cc(S(=O)(=O)NCc2nn[nH]n2)ccc1Cl. The van der Waals surface area contributed by atoms with Gasteiger partial charge in [-0.1, -0.05) is 16.8 Å². The van der Waals surface area contributed by atoms with Crippen LogP contribution in [0.2, 0.25) is 5.02 Å². The minimum atomic E-state index is -3.69. The molecule has 18 heavy (non-hydrogen) atoms. The van der Waals surface area contributed by atoms with Crippen molar-refractivity contribution >= 4 is 27.3 Å². The predicted octanol–water partition coefficient (Wildman–Crippen LogP) is -0.0862. The number of nitrogens with one attached hydrogen (secondary N) is 2. The summed E-state index contributed by atoms with van der Waals surface area (Å²) in [6.07, 6.45) is 0. The lowest BCUT2D eigenvalue weighted by molar-refractivity contribution is 0.579. The van der Waals surface area contributed by atoms with Gasteiger partial charge in [-0.15, -0.1) is 10.2 Å². The first-order valence-electron chi connectivity index (χ1n) is 4.76. The summed E-state index contributed by atoms with van der Waals surface area (Å²) in [5.74, 6) is 0.237. The molecule has 0 aliphatic rings. The molecule has 0 saturated carbocycles. The van der Waals surface area contributed by atoms with Crippen LogP contribution in [0.4, 0.5) is 5.69 Å². The van der Waals surface area contributed by atoms with Crippen LogP contribution >= 0.6 is 11.6 Å². The standard InChI is InChI=1S/C8H9ClN6O2S/c9-6-2-1-5(3-7(6)10)18(16,17)11-4-8-12-14-15-13-8/h1-3,11H,4,10H2,(H,12,13,14,15). The quantitative estimate of drug-likeness (QED) is 0.675. The summed E-state index contributed by atoms with van der Waals surface area (Å²) in [5.41, 5.74) is 5.74. The zero-order chi connectivity index (χ0) is 13.2. The molecule has 0 amide bonds. The maximum absolute atomic E-state index is 11.9. The first-order chi connectivity index (χ1) is 8.49. The van der Waals surface area contributed by atoms with Crippen LogP contribution in [0.25, 0.3) is 0 Å². The number of aromatic nitrogens is 4. The van der Waals surface area contributed by atoms with Gasteiger partial charge in [-0.2, -0.15) is 5.21 Å². The van der Waals surface area contributed by atoms with Crippen LogP contribution in [0.1, 0.15) is 5.82 Å². The third-order valence-electron chi connectivity index (χ3n) is 2.09. The molecule has 1 aromatic heterocycles. The van der Waals surface area contributed by atoms with Crippen molar-refractivity contribution in [2.45, 2.75) is 11.4 Å². The molecule has 2 aromatic rings. The third kappa shape index (κ3) is 2.75. The number of tetrazole rings is 1. The minimum Gasteiger partial charge on any atom is -0.397 e. The molecule has 0 atom stereocenters. The number of halogens is 1. The number of H-pyrrole nitrogens is 1. The van der Waals surface area contributed by atoms with Crippen molar-refractivity contribution in [2.75, 3.05) is 5.73 Å². The Morgan fingerprint density at radius 1 is 1.44 bits per heavy atom. The number of hydrogen-bond acceptors (Lipinski definition) is 6. The monoisotopic (exact) mass is 288 g/mol. The largest absolute Gasteiger partial charge is 0.397 e. The van der Waals surface area contributed by atoms with Crippen molar-refractivity contribution in [1.29, 1.82) is 0 Å². The van der Waals surface area contributed by atoms with Crippen molar-refractivity contribution in [3.05, 3.63) is 29.0 Å². The van der Waals surface area contributed by atoms with Gasteiger partial charge in [-0.3, -0.25) is 0 Å². The second kappa shape index (κ2) is 4.88. The van der Waals surface area contributed by atoms with Crippen LogP contribution in [-0.2, 0) is 16.6 Å². The average molecular weight is 289 g/mol. The highest BCUT2D eigenvalue weighted by molar-refractivity contribution is 7.89. The molecule has 0 aliphatic heterocycles. The number of anilines is 1. The van der Waals surface area contributed by atoms with Crippen molar-refractivity contribution in [2.24, 2.45) is 0 Å². The first-order valence-corrected chi connectivity index (χ1v) is 6.62. The lowest BCUT2D eigenvalue weighted by Gasteiger charge is -2.06. The van der Waals surface area contributed by atoms with Crippen molar-refractivity contribution in [3.63, 3.8) is 0 Å². The van der Waals surface area contributed by atoms with Gasteiger partial charge in [-0.05, 0) is 18.2 Å². The maximum atomic E-state index is 11.9. The first kappa shape index (κ1) is 12.7. The lowest BCUT2D eigenvalue weighted by Crippen LogP contribution is -2.24. The fraction of sp³-hybridized carbons (Fsp3) is 0.125. The van der Waals surface area contributed by atoms with Gasteiger partial charge in [0.25, 0.3) is 0 Å². The summed E-state index contributed by atoms with van der Waals surface area (Å²) in [7, 11) is -3.69. The highest BCUT2D eigenvalue weighted by Gasteiger charge is 2.15. The van der Waals surface area contributed by atoms with E-state index in [2.05, 4.69) is 25.3 Å². The molecule has 10 heteroatoms. The average Bonchev–Trinajstić information content (AvgIpc) is 2.83. The molecule has 1 aromatic carbocycles. The number of rotatable bonds is 4. The summed E-state index contributed by atoms with van der Waals surface area (Å²) in [6.45, 7) is -0.0681. The zero-order valence-corrected chi connectivity index (χ0v) is 10.5. The van der Waals surface area contributed by atoms with Gasteiger partial charge in [-0.25, -0.2) is 13.1 Å². The summed E-state index contributed by atoms with van der Waals surface area (Å²) in [6, 6.07) is 4.05. The molecule has 0 aliphatic carbocycles. The number of nitrogens with zero attached hydrogens (tertiary/aromatic N) is 3. The number of benzene rings is 1. The Bertz CT molecular complexity index is 642. The Hall–Kier alpha value is -1.71. The number of nitrogens with two attached hydrogens (primary N) is 1. The Labute approximate surface area is 108 Å². The molecule has 8 nitrogen and oxygen atoms in total. The Morgan fingerprint density at radius 2 is 2.22 bits per heavy atom. The fourth-order valence-electron chi connectivity index (χ4n) is 1.19. The van der Waals surface area contributed by atoms with Gasteiger partial charge >= 0.3 is 0 Å². The summed E-state index contributed by atoms with van der Waals surface area (Å²) < 4.78 is 26.1. The lowest BCUT2D eigenvalue weighted by atomic mass is 10.3. The van der Waals surface area contributed by atoms with Gasteiger partial charge in [0, 0.05) is 0 Å². The van der Waals surface area contributed by atoms with E-state index in [9.17, 15) is 8.42 Å². The van der Waals surface area contributed by atoms with Crippen LogP contribution in [0, 0.1) is 0 Å². The van der Waals surface area contributed by atoms with E-state index >= 15 is 0 Å². The van der Waals surface area contributed by atoms with Crippen LogP contribution < -0.4 is 10.5 Å².